The van der Waals surface area contributed by atoms with E-state index in [1.165, 1.54) is 0 Å². The smallest absolute Gasteiger partial charge is 0.254 e. The minimum Gasteiger partial charge on any atom is -0.484 e. The molecule has 0 radical (unpaired) electrons. The molecule has 1 heterocycles. The molecule has 6 heteroatoms. The lowest BCUT2D eigenvalue weighted by molar-refractivity contribution is 0.264. The third-order valence-corrected chi connectivity index (χ3v) is 3.97. The molecular formula is C15H10Br2N2O2. The zero-order valence-corrected chi connectivity index (χ0v) is 14.0. The first-order chi connectivity index (χ1) is 10.2. The monoisotopic (exact) mass is 408 g/mol. The Morgan fingerprint density at radius 1 is 0.952 bits per heavy atom. The second-order valence-corrected chi connectivity index (χ2v) is 5.99. The molecule has 3 rings (SSSR count). The molecule has 0 amide bonds. The summed E-state index contributed by atoms with van der Waals surface area (Å²) in [6, 6.07) is 15.3. The van der Waals surface area contributed by atoms with Gasteiger partial charge in [0.15, 0.2) is 6.61 Å². The van der Waals surface area contributed by atoms with Crippen LogP contribution in [0.3, 0.4) is 0 Å². The summed E-state index contributed by atoms with van der Waals surface area (Å²) in [5, 5.41) is 8.03. The van der Waals surface area contributed by atoms with Crippen molar-refractivity contribution >= 4 is 31.9 Å². The molecule has 0 saturated heterocycles. The number of hydrogen-bond acceptors (Lipinski definition) is 4. The molecule has 21 heavy (non-hydrogen) atoms. The van der Waals surface area contributed by atoms with Crippen molar-refractivity contribution in [3.63, 3.8) is 0 Å². The zero-order chi connectivity index (χ0) is 14.7. The van der Waals surface area contributed by atoms with Crippen LogP contribution in [-0.2, 0) is 6.61 Å². The predicted octanol–water partition coefficient (Wildman–Crippen LogP) is 4.84. The van der Waals surface area contributed by atoms with E-state index in [1.807, 2.05) is 48.5 Å². The van der Waals surface area contributed by atoms with E-state index in [2.05, 4.69) is 42.1 Å². The third kappa shape index (κ3) is 3.51. The van der Waals surface area contributed by atoms with Gasteiger partial charge in [0.25, 0.3) is 5.89 Å². The van der Waals surface area contributed by atoms with Crippen LogP contribution in [0.1, 0.15) is 5.89 Å². The molecule has 1 aromatic heterocycles. The summed E-state index contributed by atoms with van der Waals surface area (Å²) in [6.07, 6.45) is 0. The molecule has 0 saturated carbocycles. The van der Waals surface area contributed by atoms with Gasteiger partial charge in [-0.05, 0) is 52.3 Å². The topological polar surface area (TPSA) is 48.2 Å². The predicted molar refractivity (Wildman–Crippen MR) is 85.9 cm³/mol. The van der Waals surface area contributed by atoms with E-state index in [0.29, 0.717) is 11.8 Å². The quantitative estimate of drug-likeness (QED) is 0.618. The Kier molecular flexibility index (Phi) is 4.36. The number of nitrogens with zero attached hydrogens (tertiary/aromatic N) is 2. The van der Waals surface area contributed by atoms with Crippen LogP contribution in [-0.4, -0.2) is 10.2 Å². The van der Waals surface area contributed by atoms with E-state index >= 15 is 0 Å². The van der Waals surface area contributed by atoms with Crippen LogP contribution in [0.2, 0.25) is 0 Å². The highest BCUT2D eigenvalue weighted by Gasteiger charge is 2.11. The van der Waals surface area contributed by atoms with Crippen molar-refractivity contribution in [2.75, 3.05) is 0 Å². The average molecular weight is 410 g/mol. The third-order valence-electron chi connectivity index (χ3n) is 2.75. The van der Waals surface area contributed by atoms with E-state index in [9.17, 15) is 0 Å². The van der Waals surface area contributed by atoms with Crippen molar-refractivity contribution in [3.05, 3.63) is 63.4 Å². The van der Waals surface area contributed by atoms with Gasteiger partial charge in [-0.25, -0.2) is 0 Å². The molecule has 0 bridgehead atoms. The first kappa shape index (κ1) is 14.3. The van der Waals surface area contributed by atoms with E-state index in [0.717, 1.165) is 20.3 Å². The summed E-state index contributed by atoms with van der Waals surface area (Å²) in [7, 11) is 0. The van der Waals surface area contributed by atoms with Gasteiger partial charge in [-0.2, -0.15) is 0 Å². The summed E-state index contributed by atoms with van der Waals surface area (Å²) in [6.45, 7) is 0.235. The highest BCUT2D eigenvalue weighted by molar-refractivity contribution is 9.10. The molecular weight excluding hydrogens is 400 g/mol. The number of rotatable bonds is 4. The van der Waals surface area contributed by atoms with Gasteiger partial charge in [0, 0.05) is 8.95 Å². The molecule has 0 spiro atoms. The second kappa shape index (κ2) is 6.41. The number of halogens is 2. The molecule has 4 nitrogen and oxygen atoms in total. The Hall–Kier alpha value is -1.66. The zero-order valence-electron chi connectivity index (χ0n) is 10.8. The van der Waals surface area contributed by atoms with Gasteiger partial charge in [-0.1, -0.05) is 28.1 Å². The number of hydrogen-bond donors (Lipinski definition) is 0. The molecule has 0 aliphatic carbocycles. The van der Waals surface area contributed by atoms with Crippen molar-refractivity contribution < 1.29 is 9.15 Å². The Morgan fingerprint density at radius 2 is 1.71 bits per heavy atom. The lowest BCUT2D eigenvalue weighted by atomic mass is 10.2. The molecule has 0 unspecified atom stereocenters. The van der Waals surface area contributed by atoms with Crippen molar-refractivity contribution in [2.45, 2.75) is 6.61 Å². The highest BCUT2D eigenvalue weighted by Crippen LogP contribution is 2.27. The van der Waals surface area contributed by atoms with Gasteiger partial charge in [0.05, 0.1) is 5.56 Å². The molecule has 0 fully saturated rings. The minimum atomic E-state index is 0.235. The normalized spacial score (nSPS) is 10.6. The van der Waals surface area contributed by atoms with Crippen LogP contribution in [0.5, 0.6) is 5.75 Å². The van der Waals surface area contributed by atoms with Gasteiger partial charge < -0.3 is 9.15 Å². The molecule has 0 atom stereocenters. The van der Waals surface area contributed by atoms with Crippen LogP contribution in [0.15, 0.2) is 61.9 Å². The number of aromatic nitrogens is 2. The molecule has 0 N–H and O–H groups in total. The van der Waals surface area contributed by atoms with Gasteiger partial charge in [-0.15, -0.1) is 10.2 Å². The fourth-order valence-electron chi connectivity index (χ4n) is 1.73. The fraction of sp³-hybridized carbons (Fsp3) is 0.0667. The maximum absolute atomic E-state index is 5.61. The minimum absolute atomic E-state index is 0.235. The Morgan fingerprint density at radius 3 is 2.48 bits per heavy atom. The summed E-state index contributed by atoms with van der Waals surface area (Å²) in [5.74, 6) is 1.65. The molecule has 3 aromatic rings. The van der Waals surface area contributed by atoms with E-state index in [4.69, 9.17) is 9.15 Å². The van der Waals surface area contributed by atoms with Crippen molar-refractivity contribution in [3.8, 4) is 17.2 Å². The first-order valence-corrected chi connectivity index (χ1v) is 7.76. The van der Waals surface area contributed by atoms with Crippen LogP contribution >= 0.6 is 31.9 Å². The molecule has 0 aliphatic heterocycles. The van der Waals surface area contributed by atoms with Crippen LogP contribution in [0, 0.1) is 0 Å². The maximum atomic E-state index is 5.61. The van der Waals surface area contributed by atoms with Crippen LogP contribution < -0.4 is 4.74 Å². The lowest BCUT2D eigenvalue weighted by Crippen LogP contribution is -1.95. The second-order valence-electron chi connectivity index (χ2n) is 4.22. The standard InChI is InChI=1S/C15H10Br2N2O2/c16-10-5-7-11(8-6-10)20-9-14-18-19-15(21-14)12-3-1-2-4-13(12)17/h1-8H,9H2. The highest BCUT2D eigenvalue weighted by atomic mass is 79.9. The molecule has 106 valence electrons. The fourth-order valence-corrected chi connectivity index (χ4v) is 2.45. The van der Waals surface area contributed by atoms with Gasteiger partial charge >= 0.3 is 0 Å². The van der Waals surface area contributed by atoms with Crippen LogP contribution in [0.25, 0.3) is 11.5 Å². The Labute approximate surface area is 138 Å². The summed E-state index contributed by atoms with van der Waals surface area (Å²) < 4.78 is 13.1. The number of ether oxygens (including phenoxy) is 1. The number of benzene rings is 2. The SMILES string of the molecule is Brc1ccc(OCc2nnc(-c3ccccc3Br)o2)cc1. The average Bonchev–Trinajstić information content (AvgIpc) is 2.96. The Bertz CT molecular complexity index is 741. The van der Waals surface area contributed by atoms with Crippen LogP contribution in [0.4, 0.5) is 0 Å². The van der Waals surface area contributed by atoms with E-state index in [1.54, 1.807) is 0 Å². The lowest BCUT2D eigenvalue weighted by Gasteiger charge is -2.02. The summed E-state index contributed by atoms with van der Waals surface area (Å²) in [5.41, 5.74) is 0.861. The van der Waals surface area contributed by atoms with Crippen molar-refractivity contribution in [2.24, 2.45) is 0 Å². The van der Waals surface area contributed by atoms with E-state index < -0.39 is 0 Å². The maximum Gasteiger partial charge on any atom is 0.254 e. The van der Waals surface area contributed by atoms with Gasteiger partial charge in [-0.3, -0.25) is 0 Å². The largest absolute Gasteiger partial charge is 0.484 e. The van der Waals surface area contributed by atoms with Gasteiger partial charge in [0.2, 0.25) is 5.89 Å². The van der Waals surface area contributed by atoms with E-state index in [-0.39, 0.29) is 6.61 Å². The molecule has 2 aromatic carbocycles. The van der Waals surface area contributed by atoms with Gasteiger partial charge in [0.1, 0.15) is 5.75 Å². The van der Waals surface area contributed by atoms with Crippen molar-refractivity contribution in [1.29, 1.82) is 0 Å². The first-order valence-electron chi connectivity index (χ1n) is 6.18. The Balaban J connectivity index is 1.71. The summed E-state index contributed by atoms with van der Waals surface area (Å²) in [4.78, 5) is 0. The van der Waals surface area contributed by atoms with Crippen molar-refractivity contribution in [1.82, 2.24) is 10.2 Å². The molecule has 0 aliphatic rings. The summed E-state index contributed by atoms with van der Waals surface area (Å²) >= 11 is 6.84.